The highest BCUT2D eigenvalue weighted by Gasteiger charge is 2.72. The van der Waals surface area contributed by atoms with Crippen molar-refractivity contribution in [1.82, 2.24) is 10.6 Å². The van der Waals surface area contributed by atoms with Crippen LogP contribution in [-0.4, -0.2) is 37.7 Å². The third kappa shape index (κ3) is 4.37. The van der Waals surface area contributed by atoms with Gasteiger partial charge < -0.3 is 16.0 Å². The van der Waals surface area contributed by atoms with Crippen molar-refractivity contribution in [3.8, 4) is 0 Å². The lowest BCUT2D eigenvalue weighted by atomic mass is 9.91. The molecule has 3 N–H and O–H groups in total. The molecule has 28 heavy (non-hydrogen) atoms. The fraction of sp³-hybridized carbons (Fsp3) is 0.591. The molecule has 2 rings (SSSR count). The number of amides is 2. The van der Waals surface area contributed by atoms with Crippen molar-refractivity contribution in [2.45, 2.75) is 34.6 Å². The van der Waals surface area contributed by atoms with E-state index in [1.165, 1.54) is 0 Å². The van der Waals surface area contributed by atoms with Crippen LogP contribution in [0.3, 0.4) is 0 Å². The van der Waals surface area contributed by atoms with Crippen LogP contribution in [0.1, 0.15) is 45.0 Å². The zero-order chi connectivity index (χ0) is 21.1. The first-order chi connectivity index (χ1) is 13.1. The molecule has 0 heterocycles. The van der Waals surface area contributed by atoms with Crippen molar-refractivity contribution < 1.29 is 14.4 Å². The van der Waals surface area contributed by atoms with Crippen molar-refractivity contribution in [3.05, 3.63) is 29.8 Å². The van der Waals surface area contributed by atoms with Gasteiger partial charge in [0.1, 0.15) is 0 Å². The van der Waals surface area contributed by atoms with E-state index in [-0.39, 0.29) is 17.6 Å². The van der Waals surface area contributed by atoms with Gasteiger partial charge in [0.15, 0.2) is 5.78 Å². The average molecular weight is 388 g/mol. The lowest BCUT2D eigenvalue weighted by molar-refractivity contribution is -0.127. The first-order valence-corrected chi connectivity index (χ1v) is 10.0. The molecule has 1 aliphatic carbocycles. The fourth-order valence-electron chi connectivity index (χ4n) is 3.66. The highest BCUT2D eigenvalue weighted by atomic mass is 16.2. The van der Waals surface area contributed by atoms with Gasteiger partial charge in [-0.3, -0.25) is 14.4 Å². The number of carbonyl (C=O) groups excluding carboxylic acids is 3. The Bertz CT molecular complexity index is 712. The molecule has 1 aromatic rings. The van der Waals surface area contributed by atoms with Crippen LogP contribution < -0.4 is 16.0 Å². The summed E-state index contributed by atoms with van der Waals surface area (Å²) in [6.07, 6.45) is 0. The Labute approximate surface area is 167 Å². The maximum absolute atomic E-state index is 13.4. The third-order valence-electron chi connectivity index (χ3n) is 5.38. The number of nitrogens with one attached hydrogen (secondary N) is 3. The lowest BCUT2D eigenvalue weighted by Gasteiger charge is -2.15. The van der Waals surface area contributed by atoms with E-state index in [1.54, 1.807) is 26.1 Å². The molecule has 2 amide bonds. The van der Waals surface area contributed by atoms with E-state index in [0.29, 0.717) is 36.2 Å². The van der Waals surface area contributed by atoms with E-state index in [2.05, 4.69) is 16.0 Å². The van der Waals surface area contributed by atoms with Gasteiger partial charge in [-0.15, -0.1) is 0 Å². The minimum absolute atomic E-state index is 0.174. The Balaban J connectivity index is 2.31. The maximum Gasteiger partial charge on any atom is 0.225 e. The number of ketones is 1. The van der Waals surface area contributed by atoms with Crippen LogP contribution in [0.25, 0.3) is 0 Å². The molecule has 1 unspecified atom stereocenters. The Morgan fingerprint density at radius 2 is 1.39 bits per heavy atom. The van der Waals surface area contributed by atoms with Gasteiger partial charge >= 0.3 is 0 Å². The second-order valence-corrected chi connectivity index (χ2v) is 8.64. The SMILES string of the molecule is CNc1ccccc1C(=O)C1(C)[C@H](C(=O)NCC(C)C)[C@@H]1C(=O)NCC(C)C. The van der Waals surface area contributed by atoms with E-state index in [1.807, 2.05) is 39.8 Å². The number of benzene rings is 1. The number of Topliss-reactive ketones (excluding diaryl/α,β-unsaturated/α-hetero) is 1. The average Bonchev–Trinajstić information content (AvgIpc) is 3.30. The Kier molecular flexibility index (Phi) is 6.86. The Morgan fingerprint density at radius 3 is 1.82 bits per heavy atom. The summed E-state index contributed by atoms with van der Waals surface area (Å²) in [6.45, 7) is 10.8. The predicted molar refractivity (Wildman–Crippen MR) is 111 cm³/mol. The molecule has 6 nitrogen and oxygen atoms in total. The van der Waals surface area contributed by atoms with Crippen molar-refractivity contribution in [3.63, 3.8) is 0 Å². The van der Waals surface area contributed by atoms with E-state index in [0.717, 1.165) is 0 Å². The summed E-state index contributed by atoms with van der Waals surface area (Å²) in [7, 11) is 1.75. The summed E-state index contributed by atoms with van der Waals surface area (Å²) in [4.78, 5) is 39.0. The molecular weight excluding hydrogens is 354 g/mol. The second kappa shape index (κ2) is 8.76. The smallest absolute Gasteiger partial charge is 0.225 e. The minimum atomic E-state index is -1.05. The van der Waals surface area contributed by atoms with Crippen LogP contribution in [0.4, 0.5) is 5.69 Å². The van der Waals surface area contributed by atoms with Crippen molar-refractivity contribution in [2.24, 2.45) is 29.1 Å². The zero-order valence-electron chi connectivity index (χ0n) is 17.8. The number of anilines is 1. The van der Waals surface area contributed by atoms with Crippen LogP contribution in [0, 0.1) is 29.1 Å². The van der Waals surface area contributed by atoms with Crippen LogP contribution >= 0.6 is 0 Å². The van der Waals surface area contributed by atoms with Crippen molar-refractivity contribution in [2.75, 3.05) is 25.5 Å². The molecule has 0 bridgehead atoms. The molecule has 0 aliphatic heterocycles. The van der Waals surface area contributed by atoms with Gasteiger partial charge in [0, 0.05) is 31.4 Å². The molecule has 1 saturated carbocycles. The molecular formula is C22H33N3O3. The maximum atomic E-state index is 13.4. The lowest BCUT2D eigenvalue weighted by Crippen LogP contribution is -2.33. The monoisotopic (exact) mass is 387 g/mol. The number of hydrogen-bond acceptors (Lipinski definition) is 4. The van der Waals surface area contributed by atoms with Gasteiger partial charge in [0.2, 0.25) is 11.8 Å². The zero-order valence-corrected chi connectivity index (χ0v) is 17.8. The molecule has 1 aliphatic rings. The van der Waals surface area contributed by atoms with E-state index >= 15 is 0 Å². The molecule has 1 fully saturated rings. The quantitative estimate of drug-likeness (QED) is 0.569. The molecule has 6 heteroatoms. The fourth-order valence-corrected chi connectivity index (χ4v) is 3.66. The van der Waals surface area contributed by atoms with Crippen LogP contribution in [0.5, 0.6) is 0 Å². The topological polar surface area (TPSA) is 87.3 Å². The van der Waals surface area contributed by atoms with Crippen LogP contribution in [0.2, 0.25) is 0 Å². The molecule has 0 spiro atoms. The molecule has 1 aromatic carbocycles. The first-order valence-electron chi connectivity index (χ1n) is 10.0. The van der Waals surface area contributed by atoms with Gasteiger partial charge in [-0.25, -0.2) is 0 Å². The summed E-state index contributed by atoms with van der Waals surface area (Å²) >= 11 is 0. The summed E-state index contributed by atoms with van der Waals surface area (Å²) in [5.74, 6) is -1.35. The highest BCUT2D eigenvalue weighted by molar-refractivity contribution is 6.14. The van der Waals surface area contributed by atoms with Crippen LogP contribution in [0.15, 0.2) is 24.3 Å². The Morgan fingerprint density at radius 1 is 0.929 bits per heavy atom. The van der Waals surface area contributed by atoms with Gasteiger partial charge in [0.05, 0.1) is 17.3 Å². The number of para-hydroxylation sites is 1. The first kappa shape index (κ1) is 21.9. The second-order valence-electron chi connectivity index (χ2n) is 8.64. The third-order valence-corrected chi connectivity index (χ3v) is 5.38. The van der Waals surface area contributed by atoms with E-state index in [4.69, 9.17) is 0 Å². The molecule has 0 radical (unpaired) electrons. The molecule has 3 atom stereocenters. The molecule has 0 saturated heterocycles. The summed E-state index contributed by atoms with van der Waals surface area (Å²) in [6, 6.07) is 7.20. The standard InChI is InChI=1S/C22H33N3O3/c1-13(2)11-24-20(27)17-18(21(28)25-12-14(3)4)22(17,5)19(26)15-9-7-8-10-16(15)23-6/h7-10,13-14,17-18,23H,11-12H2,1-6H3,(H,24,27)(H,25,28)/t17-,18+,22?. The molecule has 154 valence electrons. The van der Waals surface area contributed by atoms with Crippen LogP contribution in [-0.2, 0) is 9.59 Å². The van der Waals surface area contributed by atoms with Gasteiger partial charge in [-0.05, 0) is 24.0 Å². The van der Waals surface area contributed by atoms with Crippen molar-refractivity contribution >= 4 is 23.3 Å². The van der Waals surface area contributed by atoms with Gasteiger partial charge in [-0.1, -0.05) is 46.8 Å². The summed E-state index contributed by atoms with van der Waals surface area (Å²) < 4.78 is 0. The number of hydrogen-bond donors (Lipinski definition) is 3. The highest BCUT2D eigenvalue weighted by Crippen LogP contribution is 2.60. The van der Waals surface area contributed by atoms with E-state index < -0.39 is 17.3 Å². The van der Waals surface area contributed by atoms with E-state index in [9.17, 15) is 14.4 Å². The Hall–Kier alpha value is -2.37. The number of rotatable bonds is 9. The minimum Gasteiger partial charge on any atom is -0.388 e. The molecule has 0 aromatic heterocycles. The van der Waals surface area contributed by atoms with Gasteiger partial charge in [0.25, 0.3) is 0 Å². The summed E-state index contributed by atoms with van der Waals surface area (Å²) in [5, 5.41) is 8.82. The van der Waals surface area contributed by atoms with Crippen molar-refractivity contribution in [1.29, 1.82) is 0 Å². The largest absolute Gasteiger partial charge is 0.388 e. The predicted octanol–water partition coefficient (Wildman–Crippen LogP) is 2.71. The number of carbonyl (C=O) groups is 3. The van der Waals surface area contributed by atoms with Gasteiger partial charge in [-0.2, -0.15) is 0 Å². The normalized spacial score (nSPS) is 23.4. The summed E-state index contributed by atoms with van der Waals surface area (Å²) in [5.41, 5.74) is 0.159.